The zero-order valence-electron chi connectivity index (χ0n) is 14.6. The minimum Gasteiger partial charge on any atom is -0.493 e. The highest BCUT2D eigenvalue weighted by atomic mass is 35.5. The van der Waals surface area contributed by atoms with E-state index in [9.17, 15) is 0 Å². The van der Waals surface area contributed by atoms with Crippen LogP contribution < -0.4 is 14.8 Å². The predicted octanol–water partition coefficient (Wildman–Crippen LogP) is 5.24. The molecule has 0 aliphatic rings. The van der Waals surface area contributed by atoms with Gasteiger partial charge in [-0.15, -0.1) is 12.4 Å². The van der Waals surface area contributed by atoms with Gasteiger partial charge in [0, 0.05) is 17.1 Å². The van der Waals surface area contributed by atoms with Gasteiger partial charge in [0.2, 0.25) is 0 Å². The number of benzene rings is 2. The summed E-state index contributed by atoms with van der Waals surface area (Å²) >= 11 is 5.99. The summed E-state index contributed by atoms with van der Waals surface area (Å²) in [6, 6.07) is 13.7. The lowest BCUT2D eigenvalue weighted by molar-refractivity contribution is 0.284. The lowest BCUT2D eigenvalue weighted by Gasteiger charge is -2.21. The molecule has 0 saturated carbocycles. The van der Waals surface area contributed by atoms with Gasteiger partial charge < -0.3 is 14.8 Å². The van der Waals surface area contributed by atoms with Gasteiger partial charge in [-0.05, 0) is 56.2 Å². The van der Waals surface area contributed by atoms with Crippen LogP contribution in [0.15, 0.2) is 42.5 Å². The van der Waals surface area contributed by atoms with Crippen LogP contribution >= 0.6 is 24.0 Å². The lowest BCUT2D eigenvalue weighted by atomic mass is 10.1. The van der Waals surface area contributed by atoms with E-state index < -0.39 is 0 Å². The van der Waals surface area contributed by atoms with E-state index in [0.29, 0.717) is 11.6 Å². The summed E-state index contributed by atoms with van der Waals surface area (Å²) in [6.07, 6.45) is 0. The third-order valence-corrected chi connectivity index (χ3v) is 3.57. The highest BCUT2D eigenvalue weighted by Crippen LogP contribution is 2.29. The van der Waals surface area contributed by atoms with E-state index >= 15 is 0 Å². The van der Waals surface area contributed by atoms with Crippen molar-refractivity contribution in [2.24, 2.45) is 0 Å². The molecule has 132 valence electrons. The molecule has 0 atom stereocenters. The van der Waals surface area contributed by atoms with Crippen molar-refractivity contribution in [3.8, 4) is 11.5 Å². The molecule has 0 saturated heterocycles. The summed E-state index contributed by atoms with van der Waals surface area (Å²) < 4.78 is 11.3. The average Bonchev–Trinajstić information content (AvgIpc) is 2.50. The van der Waals surface area contributed by atoms with E-state index in [-0.39, 0.29) is 17.9 Å². The van der Waals surface area contributed by atoms with Crippen molar-refractivity contribution in [3.63, 3.8) is 0 Å². The van der Waals surface area contributed by atoms with Gasteiger partial charge in [0.15, 0.2) is 11.5 Å². The number of halogens is 2. The topological polar surface area (TPSA) is 30.5 Å². The molecule has 0 aliphatic carbocycles. The molecule has 0 aliphatic heterocycles. The molecule has 0 fully saturated rings. The van der Waals surface area contributed by atoms with Crippen molar-refractivity contribution < 1.29 is 9.47 Å². The quantitative estimate of drug-likeness (QED) is 0.755. The molecule has 0 heterocycles. The summed E-state index contributed by atoms with van der Waals surface area (Å²) in [6.45, 7) is 7.68. The molecule has 0 amide bonds. The number of hydrogen-bond acceptors (Lipinski definition) is 3. The van der Waals surface area contributed by atoms with Crippen LogP contribution in [0.5, 0.6) is 11.5 Å². The first-order chi connectivity index (χ1) is 10.9. The van der Waals surface area contributed by atoms with Crippen LogP contribution in [-0.2, 0) is 13.2 Å². The highest BCUT2D eigenvalue weighted by Gasteiger charge is 2.11. The summed E-state index contributed by atoms with van der Waals surface area (Å²) in [5, 5.41) is 4.17. The second kappa shape index (κ2) is 9.16. The second-order valence-electron chi connectivity index (χ2n) is 6.51. The number of hydrogen-bond donors (Lipinski definition) is 1. The molecule has 1 N–H and O–H groups in total. The van der Waals surface area contributed by atoms with Gasteiger partial charge in [-0.1, -0.05) is 29.8 Å². The van der Waals surface area contributed by atoms with Crippen molar-refractivity contribution in [2.75, 3.05) is 7.11 Å². The predicted molar refractivity (Wildman–Crippen MR) is 103 cm³/mol. The van der Waals surface area contributed by atoms with Crippen molar-refractivity contribution in [1.82, 2.24) is 5.32 Å². The third-order valence-electron chi connectivity index (χ3n) is 3.33. The highest BCUT2D eigenvalue weighted by molar-refractivity contribution is 6.30. The number of ether oxygens (including phenoxy) is 2. The Kier molecular flexibility index (Phi) is 7.88. The van der Waals surface area contributed by atoms with Crippen LogP contribution in [0, 0.1) is 0 Å². The van der Waals surface area contributed by atoms with E-state index in [1.54, 1.807) is 7.11 Å². The average molecular weight is 370 g/mol. The van der Waals surface area contributed by atoms with Crippen LogP contribution in [0.25, 0.3) is 0 Å². The molecule has 0 aromatic heterocycles. The van der Waals surface area contributed by atoms with Gasteiger partial charge in [0.25, 0.3) is 0 Å². The van der Waals surface area contributed by atoms with Gasteiger partial charge >= 0.3 is 0 Å². The molecule has 0 spiro atoms. The van der Waals surface area contributed by atoms with E-state index in [4.69, 9.17) is 21.1 Å². The zero-order valence-corrected chi connectivity index (χ0v) is 16.1. The molecule has 5 heteroatoms. The van der Waals surface area contributed by atoms with E-state index in [1.165, 1.54) is 0 Å². The molecular weight excluding hydrogens is 345 g/mol. The second-order valence-corrected chi connectivity index (χ2v) is 6.94. The zero-order chi connectivity index (χ0) is 16.9. The Bertz CT molecular complexity index is 654. The fraction of sp³-hybridized carbons (Fsp3) is 0.368. The third kappa shape index (κ3) is 6.60. The van der Waals surface area contributed by atoms with E-state index in [0.717, 1.165) is 29.2 Å². The van der Waals surface area contributed by atoms with E-state index in [2.05, 4.69) is 32.2 Å². The minimum absolute atomic E-state index is 0. The van der Waals surface area contributed by atoms with Crippen LogP contribution in [0.2, 0.25) is 5.02 Å². The van der Waals surface area contributed by atoms with Crippen molar-refractivity contribution in [2.45, 2.75) is 39.5 Å². The molecule has 0 radical (unpaired) electrons. The summed E-state index contributed by atoms with van der Waals surface area (Å²) in [4.78, 5) is 0. The van der Waals surface area contributed by atoms with Gasteiger partial charge in [-0.25, -0.2) is 0 Å². The number of nitrogens with one attached hydrogen (secondary N) is 1. The fourth-order valence-corrected chi connectivity index (χ4v) is 2.31. The van der Waals surface area contributed by atoms with Crippen LogP contribution in [0.4, 0.5) is 0 Å². The largest absolute Gasteiger partial charge is 0.493 e. The van der Waals surface area contributed by atoms with Gasteiger partial charge in [-0.2, -0.15) is 0 Å². The normalized spacial score (nSPS) is 10.9. The molecule has 2 aromatic rings. The Morgan fingerprint density at radius 1 is 1.00 bits per heavy atom. The maximum atomic E-state index is 5.99. The Hall–Kier alpha value is -1.42. The van der Waals surface area contributed by atoms with E-state index in [1.807, 2.05) is 36.4 Å². The number of methoxy groups -OCH3 is 1. The Labute approximate surface area is 155 Å². The Morgan fingerprint density at radius 2 is 1.75 bits per heavy atom. The van der Waals surface area contributed by atoms with Crippen LogP contribution in [0.3, 0.4) is 0 Å². The summed E-state index contributed by atoms with van der Waals surface area (Å²) in [5.41, 5.74) is 2.26. The smallest absolute Gasteiger partial charge is 0.161 e. The summed E-state index contributed by atoms with van der Waals surface area (Å²) in [7, 11) is 1.66. The minimum atomic E-state index is 0. The Balaban J connectivity index is 0.00000288. The first-order valence-corrected chi connectivity index (χ1v) is 8.04. The van der Waals surface area contributed by atoms with Crippen LogP contribution in [0.1, 0.15) is 31.9 Å². The maximum Gasteiger partial charge on any atom is 0.161 e. The van der Waals surface area contributed by atoms with Crippen molar-refractivity contribution in [1.29, 1.82) is 0 Å². The lowest BCUT2D eigenvalue weighted by Crippen LogP contribution is -2.35. The maximum absolute atomic E-state index is 5.99. The SMILES string of the molecule is COc1cc(CNC(C)(C)C)ccc1OCc1cccc(Cl)c1.Cl. The molecular formula is C19H25Cl2NO2. The first kappa shape index (κ1) is 20.6. The Morgan fingerprint density at radius 3 is 2.38 bits per heavy atom. The molecule has 2 rings (SSSR count). The van der Waals surface area contributed by atoms with Crippen molar-refractivity contribution >= 4 is 24.0 Å². The molecule has 2 aromatic carbocycles. The van der Waals surface area contributed by atoms with Crippen LogP contribution in [-0.4, -0.2) is 12.6 Å². The van der Waals surface area contributed by atoms with Gasteiger partial charge in [0.05, 0.1) is 7.11 Å². The molecule has 0 bridgehead atoms. The fourth-order valence-electron chi connectivity index (χ4n) is 2.10. The van der Waals surface area contributed by atoms with Gasteiger partial charge in [0.1, 0.15) is 6.61 Å². The molecule has 0 unspecified atom stereocenters. The summed E-state index contributed by atoms with van der Waals surface area (Å²) in [5.74, 6) is 1.47. The van der Waals surface area contributed by atoms with Crippen molar-refractivity contribution in [3.05, 3.63) is 58.6 Å². The molecule has 3 nitrogen and oxygen atoms in total. The monoisotopic (exact) mass is 369 g/mol. The molecule has 24 heavy (non-hydrogen) atoms. The van der Waals surface area contributed by atoms with Gasteiger partial charge in [-0.3, -0.25) is 0 Å². The first-order valence-electron chi connectivity index (χ1n) is 7.66. The number of rotatable bonds is 6. The standard InChI is InChI=1S/C19H24ClNO2.ClH/c1-19(2,3)21-12-14-8-9-17(18(11-14)22-4)23-13-15-6-5-7-16(20)10-15;/h5-11,21H,12-13H2,1-4H3;1H.